The SMILES string of the molecule is C=CC1O[C@H](CO)[C@H](O)[C@H](O)[C@H]1O. The Bertz CT molecular complexity index is 181. The minimum Gasteiger partial charge on any atom is -0.394 e. The molecule has 0 aliphatic carbocycles. The topological polar surface area (TPSA) is 90.2 Å². The van der Waals surface area contributed by atoms with Gasteiger partial charge in [0.2, 0.25) is 0 Å². The fourth-order valence-electron chi connectivity index (χ4n) is 1.33. The smallest absolute Gasteiger partial charge is 0.112 e. The van der Waals surface area contributed by atoms with E-state index < -0.39 is 37.1 Å². The van der Waals surface area contributed by atoms with Crippen molar-refractivity contribution in [2.45, 2.75) is 30.5 Å². The van der Waals surface area contributed by atoms with E-state index in [1.165, 1.54) is 6.08 Å². The van der Waals surface area contributed by atoms with Gasteiger partial charge in [0.15, 0.2) is 0 Å². The van der Waals surface area contributed by atoms with Crippen molar-refractivity contribution in [3.8, 4) is 0 Å². The normalized spacial score (nSPS) is 46.0. The zero-order valence-electron chi connectivity index (χ0n) is 7.08. The van der Waals surface area contributed by atoms with Gasteiger partial charge in [-0.05, 0) is 0 Å². The van der Waals surface area contributed by atoms with Crippen LogP contribution in [0.2, 0.25) is 0 Å². The lowest BCUT2D eigenvalue weighted by molar-refractivity contribution is -0.216. The first-order valence-corrected chi connectivity index (χ1v) is 4.05. The molecule has 1 rings (SSSR count). The van der Waals surface area contributed by atoms with Crippen LogP contribution in [0.4, 0.5) is 0 Å². The molecule has 1 fully saturated rings. The zero-order valence-corrected chi connectivity index (χ0v) is 7.08. The summed E-state index contributed by atoms with van der Waals surface area (Å²) in [5, 5.41) is 36.7. The first-order chi connectivity index (χ1) is 6.11. The van der Waals surface area contributed by atoms with Crippen LogP contribution in [0.1, 0.15) is 0 Å². The van der Waals surface area contributed by atoms with Crippen molar-refractivity contribution in [1.29, 1.82) is 0 Å². The predicted octanol–water partition coefficient (Wildman–Crippen LogP) is -1.99. The molecule has 1 aliphatic rings. The van der Waals surface area contributed by atoms with Crippen LogP contribution < -0.4 is 0 Å². The first kappa shape index (κ1) is 10.6. The Morgan fingerprint density at radius 2 is 1.77 bits per heavy atom. The van der Waals surface area contributed by atoms with Gasteiger partial charge in [-0.15, -0.1) is 6.58 Å². The summed E-state index contributed by atoms with van der Waals surface area (Å²) < 4.78 is 5.05. The number of aliphatic hydroxyl groups excluding tert-OH is 4. The third-order valence-corrected chi connectivity index (χ3v) is 2.16. The Kier molecular flexibility index (Phi) is 3.40. The van der Waals surface area contributed by atoms with Gasteiger partial charge in [-0.3, -0.25) is 0 Å². The van der Waals surface area contributed by atoms with Crippen LogP contribution in [0.5, 0.6) is 0 Å². The molecule has 0 aromatic rings. The molecule has 1 aliphatic heterocycles. The Balaban J connectivity index is 2.71. The van der Waals surface area contributed by atoms with Crippen molar-refractivity contribution in [1.82, 2.24) is 0 Å². The molecule has 1 heterocycles. The van der Waals surface area contributed by atoms with Gasteiger partial charge in [-0.25, -0.2) is 0 Å². The van der Waals surface area contributed by atoms with Gasteiger partial charge in [0, 0.05) is 0 Å². The molecular formula is C8H14O5. The summed E-state index contributed by atoms with van der Waals surface area (Å²) in [5.74, 6) is 0. The zero-order chi connectivity index (χ0) is 10.0. The van der Waals surface area contributed by atoms with Crippen molar-refractivity contribution in [3.05, 3.63) is 12.7 Å². The molecule has 1 unspecified atom stereocenters. The highest BCUT2D eigenvalue weighted by Crippen LogP contribution is 2.21. The van der Waals surface area contributed by atoms with Crippen molar-refractivity contribution in [2.75, 3.05) is 6.61 Å². The third-order valence-electron chi connectivity index (χ3n) is 2.16. The molecule has 76 valence electrons. The van der Waals surface area contributed by atoms with Crippen molar-refractivity contribution < 1.29 is 25.2 Å². The summed E-state index contributed by atoms with van der Waals surface area (Å²) >= 11 is 0. The van der Waals surface area contributed by atoms with Crippen LogP contribution >= 0.6 is 0 Å². The minimum atomic E-state index is -1.31. The lowest BCUT2D eigenvalue weighted by Gasteiger charge is -2.38. The monoisotopic (exact) mass is 190 g/mol. The van der Waals surface area contributed by atoms with E-state index in [0.29, 0.717) is 0 Å². The van der Waals surface area contributed by atoms with E-state index in [9.17, 15) is 15.3 Å². The molecule has 0 bridgehead atoms. The standard InChI is InChI=1S/C8H14O5/c1-2-4-6(10)8(12)7(11)5(3-9)13-4/h2,4-12H,1,3H2/t4?,5-,6+,7+,8-/m1/s1. The molecule has 0 radical (unpaired) electrons. The Morgan fingerprint density at radius 1 is 1.15 bits per heavy atom. The van der Waals surface area contributed by atoms with Gasteiger partial charge in [0.1, 0.15) is 30.5 Å². The predicted molar refractivity (Wildman–Crippen MR) is 44.0 cm³/mol. The highest BCUT2D eigenvalue weighted by molar-refractivity contribution is 4.98. The van der Waals surface area contributed by atoms with E-state index >= 15 is 0 Å². The van der Waals surface area contributed by atoms with Crippen molar-refractivity contribution in [2.24, 2.45) is 0 Å². The molecule has 5 nitrogen and oxygen atoms in total. The molecule has 0 saturated carbocycles. The Labute approximate surface area is 75.9 Å². The molecule has 5 heteroatoms. The lowest BCUT2D eigenvalue weighted by Crippen LogP contribution is -2.57. The van der Waals surface area contributed by atoms with E-state index in [-0.39, 0.29) is 0 Å². The fraction of sp³-hybridized carbons (Fsp3) is 0.750. The molecule has 4 N–H and O–H groups in total. The van der Waals surface area contributed by atoms with Gasteiger partial charge in [0.25, 0.3) is 0 Å². The van der Waals surface area contributed by atoms with Crippen LogP contribution in [0.15, 0.2) is 12.7 Å². The average molecular weight is 190 g/mol. The number of aliphatic hydroxyl groups is 4. The second-order valence-corrected chi connectivity index (χ2v) is 3.03. The van der Waals surface area contributed by atoms with Gasteiger partial charge >= 0.3 is 0 Å². The highest BCUT2D eigenvalue weighted by Gasteiger charge is 2.41. The highest BCUT2D eigenvalue weighted by atomic mass is 16.5. The Hall–Kier alpha value is -0.460. The van der Waals surface area contributed by atoms with Gasteiger partial charge in [0.05, 0.1) is 6.61 Å². The van der Waals surface area contributed by atoms with Crippen molar-refractivity contribution >= 4 is 0 Å². The Morgan fingerprint density at radius 3 is 2.23 bits per heavy atom. The number of hydrogen-bond donors (Lipinski definition) is 4. The molecule has 5 atom stereocenters. The summed E-state index contributed by atoms with van der Waals surface area (Å²) in [6, 6.07) is 0. The second kappa shape index (κ2) is 4.17. The second-order valence-electron chi connectivity index (χ2n) is 3.03. The van der Waals surface area contributed by atoms with E-state index in [1.54, 1.807) is 0 Å². The summed E-state index contributed by atoms with van der Waals surface area (Å²) in [5.41, 5.74) is 0. The molecule has 1 saturated heterocycles. The largest absolute Gasteiger partial charge is 0.394 e. The van der Waals surface area contributed by atoms with E-state index in [0.717, 1.165) is 0 Å². The number of rotatable bonds is 2. The number of ether oxygens (including phenoxy) is 1. The third kappa shape index (κ3) is 1.90. The molecule has 0 amide bonds. The van der Waals surface area contributed by atoms with Gasteiger partial charge in [-0.1, -0.05) is 6.08 Å². The van der Waals surface area contributed by atoms with Crippen LogP contribution in [0, 0.1) is 0 Å². The number of hydrogen-bond acceptors (Lipinski definition) is 5. The summed E-state index contributed by atoms with van der Waals surface area (Å²) in [7, 11) is 0. The summed E-state index contributed by atoms with van der Waals surface area (Å²) in [4.78, 5) is 0. The van der Waals surface area contributed by atoms with E-state index in [1.807, 2.05) is 0 Å². The molecule has 0 spiro atoms. The van der Waals surface area contributed by atoms with Crippen LogP contribution in [0.25, 0.3) is 0 Å². The molecule has 0 aromatic heterocycles. The van der Waals surface area contributed by atoms with E-state index in [2.05, 4.69) is 6.58 Å². The lowest BCUT2D eigenvalue weighted by atomic mass is 9.95. The maximum Gasteiger partial charge on any atom is 0.112 e. The van der Waals surface area contributed by atoms with Gasteiger partial charge in [-0.2, -0.15) is 0 Å². The fourth-order valence-corrected chi connectivity index (χ4v) is 1.33. The first-order valence-electron chi connectivity index (χ1n) is 4.05. The average Bonchev–Trinajstić information content (AvgIpc) is 2.15. The quantitative estimate of drug-likeness (QED) is 0.379. The molecule has 13 heavy (non-hydrogen) atoms. The van der Waals surface area contributed by atoms with Crippen molar-refractivity contribution in [3.63, 3.8) is 0 Å². The summed E-state index contributed by atoms with van der Waals surface area (Å²) in [6.07, 6.45) is -4.08. The summed E-state index contributed by atoms with van der Waals surface area (Å²) in [6.45, 7) is 3.00. The van der Waals surface area contributed by atoms with E-state index in [4.69, 9.17) is 9.84 Å². The maximum absolute atomic E-state index is 9.33. The minimum absolute atomic E-state index is 0.407. The maximum atomic E-state index is 9.33. The van der Waals surface area contributed by atoms with Crippen LogP contribution in [-0.4, -0.2) is 57.6 Å². The van der Waals surface area contributed by atoms with Crippen LogP contribution in [-0.2, 0) is 4.74 Å². The molecular weight excluding hydrogens is 176 g/mol. The van der Waals surface area contributed by atoms with Crippen LogP contribution in [0.3, 0.4) is 0 Å². The van der Waals surface area contributed by atoms with Gasteiger partial charge < -0.3 is 25.2 Å². The molecule has 0 aromatic carbocycles.